The molecule has 0 aliphatic heterocycles. The van der Waals surface area contributed by atoms with E-state index in [4.69, 9.17) is 4.74 Å². The zero-order chi connectivity index (χ0) is 8.20. The summed E-state index contributed by atoms with van der Waals surface area (Å²) < 4.78 is 4.73. The van der Waals surface area contributed by atoms with E-state index < -0.39 is 11.6 Å². The summed E-state index contributed by atoms with van der Waals surface area (Å²) in [6, 6.07) is 0. The van der Waals surface area contributed by atoms with Crippen LogP contribution in [0.25, 0.3) is 0 Å². The Morgan fingerprint density at radius 1 is 1.60 bits per heavy atom. The van der Waals surface area contributed by atoms with Gasteiger partial charge in [0.2, 0.25) is 6.29 Å². The first-order valence-corrected chi connectivity index (χ1v) is 3.20. The van der Waals surface area contributed by atoms with E-state index in [-0.39, 0.29) is 6.29 Å². The second-order valence-corrected chi connectivity index (χ2v) is 2.65. The lowest BCUT2D eigenvalue weighted by atomic mass is 10.1. The van der Waals surface area contributed by atoms with Crippen molar-refractivity contribution in [3.63, 3.8) is 0 Å². The van der Waals surface area contributed by atoms with Gasteiger partial charge >= 0.3 is 5.97 Å². The Bertz CT molecular complexity index is 138. The Hall–Kier alpha value is -0.860. The Morgan fingerprint density at radius 3 is 2.40 bits per heavy atom. The highest BCUT2D eigenvalue weighted by molar-refractivity contribution is 6.20. The first kappa shape index (κ1) is 9.14. The fourth-order valence-electron chi connectivity index (χ4n) is 0.369. The van der Waals surface area contributed by atoms with E-state index in [1.54, 1.807) is 13.8 Å². The molecule has 0 aromatic rings. The first-order chi connectivity index (χ1) is 4.52. The second-order valence-electron chi connectivity index (χ2n) is 2.65. The van der Waals surface area contributed by atoms with Gasteiger partial charge in [-0.25, -0.2) is 4.79 Å². The minimum atomic E-state index is -0.799. The fraction of sp³-hybridized carbons (Fsp3) is 0.714. The van der Waals surface area contributed by atoms with E-state index in [0.29, 0.717) is 6.42 Å². The molecule has 10 heavy (non-hydrogen) atoms. The quantitative estimate of drug-likeness (QED) is 0.336. The zero-order valence-electron chi connectivity index (χ0n) is 6.51. The van der Waals surface area contributed by atoms with Gasteiger partial charge in [-0.1, -0.05) is 6.92 Å². The summed E-state index contributed by atoms with van der Waals surface area (Å²) in [6.07, 6.45) is 0.879. The van der Waals surface area contributed by atoms with Crippen LogP contribution in [0.15, 0.2) is 0 Å². The standard InChI is InChI=1S/C7H12O3/c1-4-7(2,3)10-6(9)5-8/h5H,4H2,1-3H3. The average molecular weight is 144 g/mol. The van der Waals surface area contributed by atoms with E-state index in [9.17, 15) is 9.59 Å². The molecule has 0 rings (SSSR count). The molecule has 0 saturated carbocycles. The second kappa shape index (κ2) is 3.34. The van der Waals surface area contributed by atoms with Crippen molar-refractivity contribution in [2.75, 3.05) is 0 Å². The molecular weight excluding hydrogens is 132 g/mol. The molecule has 0 radical (unpaired) electrons. The van der Waals surface area contributed by atoms with Gasteiger partial charge in [0.05, 0.1) is 0 Å². The summed E-state index contributed by atoms with van der Waals surface area (Å²) in [5.41, 5.74) is -0.516. The Morgan fingerprint density at radius 2 is 2.10 bits per heavy atom. The van der Waals surface area contributed by atoms with E-state index >= 15 is 0 Å². The number of ether oxygens (including phenoxy) is 1. The molecule has 0 aliphatic carbocycles. The van der Waals surface area contributed by atoms with Crippen molar-refractivity contribution in [1.29, 1.82) is 0 Å². The number of hydrogen-bond donors (Lipinski definition) is 0. The predicted molar refractivity (Wildman–Crippen MR) is 36.5 cm³/mol. The maximum Gasteiger partial charge on any atom is 0.371 e. The van der Waals surface area contributed by atoms with Gasteiger partial charge in [-0.15, -0.1) is 0 Å². The van der Waals surface area contributed by atoms with Crippen LogP contribution in [0.2, 0.25) is 0 Å². The third kappa shape index (κ3) is 3.22. The van der Waals surface area contributed by atoms with Crippen LogP contribution >= 0.6 is 0 Å². The maximum absolute atomic E-state index is 10.4. The Labute approximate surface area is 60.4 Å². The number of carbonyl (C=O) groups excluding carboxylic acids is 2. The summed E-state index contributed by atoms with van der Waals surface area (Å²) in [5.74, 6) is -0.799. The van der Waals surface area contributed by atoms with Gasteiger partial charge in [0.1, 0.15) is 5.60 Å². The molecule has 0 aromatic heterocycles. The lowest BCUT2D eigenvalue weighted by molar-refractivity contribution is -0.159. The van der Waals surface area contributed by atoms with E-state index in [1.807, 2.05) is 6.92 Å². The number of carbonyl (C=O) groups is 2. The van der Waals surface area contributed by atoms with Crippen LogP contribution in [0.3, 0.4) is 0 Å². The molecule has 0 spiro atoms. The SMILES string of the molecule is CCC(C)(C)OC(=O)C=O. The van der Waals surface area contributed by atoms with Crippen LogP contribution < -0.4 is 0 Å². The van der Waals surface area contributed by atoms with Gasteiger partial charge in [0, 0.05) is 0 Å². The summed E-state index contributed by atoms with van der Waals surface area (Å²) >= 11 is 0. The summed E-state index contributed by atoms with van der Waals surface area (Å²) in [5, 5.41) is 0. The van der Waals surface area contributed by atoms with Crippen molar-refractivity contribution in [3.05, 3.63) is 0 Å². The van der Waals surface area contributed by atoms with Crippen LogP contribution in [-0.4, -0.2) is 17.9 Å². The third-order valence-corrected chi connectivity index (χ3v) is 1.32. The topological polar surface area (TPSA) is 43.4 Å². The predicted octanol–water partition coefficient (Wildman–Crippen LogP) is 0.917. The summed E-state index contributed by atoms with van der Waals surface area (Å²) in [7, 11) is 0. The van der Waals surface area contributed by atoms with Crippen molar-refractivity contribution in [1.82, 2.24) is 0 Å². The van der Waals surface area contributed by atoms with Crippen LogP contribution in [0.1, 0.15) is 27.2 Å². The van der Waals surface area contributed by atoms with Gasteiger partial charge < -0.3 is 4.74 Å². The maximum atomic E-state index is 10.4. The van der Waals surface area contributed by atoms with Gasteiger partial charge in [0.25, 0.3) is 0 Å². The molecule has 0 heterocycles. The minimum absolute atomic E-state index is 0.178. The highest BCUT2D eigenvalue weighted by Crippen LogP contribution is 2.12. The van der Waals surface area contributed by atoms with Gasteiger partial charge in [-0.05, 0) is 20.3 Å². The van der Waals surface area contributed by atoms with E-state index in [2.05, 4.69) is 0 Å². The molecule has 0 fully saturated rings. The minimum Gasteiger partial charge on any atom is -0.454 e. The normalized spacial score (nSPS) is 10.7. The molecule has 58 valence electrons. The van der Waals surface area contributed by atoms with Gasteiger partial charge in [-0.3, -0.25) is 4.79 Å². The van der Waals surface area contributed by atoms with Crippen LogP contribution in [-0.2, 0) is 14.3 Å². The number of esters is 1. The largest absolute Gasteiger partial charge is 0.454 e. The van der Waals surface area contributed by atoms with Crippen molar-refractivity contribution in [2.24, 2.45) is 0 Å². The Balaban J connectivity index is 3.87. The first-order valence-electron chi connectivity index (χ1n) is 3.20. The number of aldehydes is 1. The van der Waals surface area contributed by atoms with E-state index in [1.165, 1.54) is 0 Å². The molecular formula is C7H12O3. The van der Waals surface area contributed by atoms with Crippen molar-refractivity contribution >= 4 is 12.3 Å². The summed E-state index contributed by atoms with van der Waals surface area (Å²) in [4.78, 5) is 20.2. The lowest BCUT2D eigenvalue weighted by Gasteiger charge is -2.21. The molecule has 0 aromatic carbocycles. The van der Waals surface area contributed by atoms with E-state index in [0.717, 1.165) is 0 Å². The summed E-state index contributed by atoms with van der Waals surface area (Å²) in [6.45, 7) is 5.40. The fourth-order valence-corrected chi connectivity index (χ4v) is 0.369. The Kier molecular flexibility index (Phi) is 3.06. The monoisotopic (exact) mass is 144 g/mol. The molecule has 0 unspecified atom stereocenters. The molecule has 3 heteroatoms. The van der Waals surface area contributed by atoms with Crippen molar-refractivity contribution in [2.45, 2.75) is 32.8 Å². The van der Waals surface area contributed by atoms with Gasteiger partial charge in [0.15, 0.2) is 0 Å². The molecule has 0 amide bonds. The lowest BCUT2D eigenvalue weighted by Crippen LogP contribution is -2.27. The molecule has 3 nitrogen and oxygen atoms in total. The molecule has 0 aliphatic rings. The van der Waals surface area contributed by atoms with Crippen LogP contribution in [0, 0.1) is 0 Å². The van der Waals surface area contributed by atoms with Gasteiger partial charge in [-0.2, -0.15) is 0 Å². The van der Waals surface area contributed by atoms with Crippen molar-refractivity contribution < 1.29 is 14.3 Å². The van der Waals surface area contributed by atoms with Crippen molar-refractivity contribution in [3.8, 4) is 0 Å². The molecule has 0 saturated heterocycles. The molecule has 0 bridgehead atoms. The number of rotatable bonds is 3. The van der Waals surface area contributed by atoms with Crippen LogP contribution in [0.5, 0.6) is 0 Å². The molecule has 0 atom stereocenters. The highest BCUT2D eigenvalue weighted by atomic mass is 16.6. The number of hydrogen-bond acceptors (Lipinski definition) is 3. The average Bonchev–Trinajstić information content (AvgIpc) is 1.87. The van der Waals surface area contributed by atoms with Crippen LogP contribution in [0.4, 0.5) is 0 Å². The smallest absolute Gasteiger partial charge is 0.371 e. The molecule has 0 N–H and O–H groups in total. The zero-order valence-corrected chi connectivity index (χ0v) is 6.51. The third-order valence-electron chi connectivity index (χ3n) is 1.32. The highest BCUT2D eigenvalue weighted by Gasteiger charge is 2.19.